The number of alkyl halides is 4. The molecule has 2 saturated heterocycles. The summed E-state index contributed by atoms with van der Waals surface area (Å²) in [6.45, 7) is 0.647. The normalized spacial score (nSPS) is 22.8. The fourth-order valence-electron chi connectivity index (χ4n) is 4.52. The van der Waals surface area contributed by atoms with E-state index in [0.29, 0.717) is 24.7 Å². The third-order valence-electron chi connectivity index (χ3n) is 6.17. The second kappa shape index (κ2) is 9.45. The summed E-state index contributed by atoms with van der Waals surface area (Å²) in [4.78, 5) is 15.4. The van der Waals surface area contributed by atoms with Crippen LogP contribution in [0.25, 0.3) is 6.08 Å². The van der Waals surface area contributed by atoms with Crippen LogP contribution in [0.3, 0.4) is 0 Å². The van der Waals surface area contributed by atoms with Crippen molar-refractivity contribution in [2.24, 2.45) is 11.1 Å². The molecule has 1 amide bonds. The molecule has 2 aromatic carbocycles. The molecule has 0 radical (unpaired) electrons. The highest BCUT2D eigenvalue weighted by Crippen LogP contribution is 2.39. The zero-order valence-corrected chi connectivity index (χ0v) is 19.5. The predicted molar refractivity (Wildman–Crippen MR) is 120 cm³/mol. The fraction of sp³-hybridized carbons (Fsp3) is 0.348. The predicted octanol–water partition coefficient (Wildman–Crippen LogP) is 3.18. The molecule has 4 rings (SSSR count). The minimum Gasteiger partial charge on any atom is -0.406 e. The Balaban J connectivity index is 1.33. The van der Waals surface area contributed by atoms with Crippen LogP contribution in [0.2, 0.25) is 0 Å². The summed E-state index contributed by atoms with van der Waals surface area (Å²) in [6.07, 6.45) is -1.31. The van der Waals surface area contributed by atoms with Gasteiger partial charge in [-0.3, -0.25) is 9.69 Å². The van der Waals surface area contributed by atoms with Gasteiger partial charge >= 0.3 is 6.36 Å². The number of hydrogen-bond acceptors (Lipinski definition) is 5. The maximum Gasteiger partial charge on any atom is 0.573 e. The lowest BCUT2D eigenvalue weighted by molar-refractivity contribution is -0.274. The Bertz CT molecular complexity index is 1280. The van der Waals surface area contributed by atoms with Crippen LogP contribution in [0.4, 0.5) is 22.0 Å². The van der Waals surface area contributed by atoms with Gasteiger partial charge in [0.15, 0.2) is 0 Å². The second-order valence-electron chi connectivity index (χ2n) is 8.82. The van der Waals surface area contributed by atoms with E-state index in [4.69, 9.17) is 5.14 Å². The topological polar surface area (TPSA) is 92.9 Å². The lowest BCUT2D eigenvalue weighted by Crippen LogP contribution is -2.38. The molecule has 0 aliphatic carbocycles. The van der Waals surface area contributed by atoms with Gasteiger partial charge in [-0.25, -0.2) is 22.3 Å². The van der Waals surface area contributed by atoms with E-state index in [2.05, 4.69) is 4.74 Å². The van der Waals surface area contributed by atoms with Crippen LogP contribution >= 0.6 is 0 Å². The van der Waals surface area contributed by atoms with Gasteiger partial charge in [0.05, 0.1) is 17.0 Å². The molecular formula is C23H22F5N3O4S. The number of rotatable bonds is 6. The first-order valence-electron chi connectivity index (χ1n) is 10.8. The van der Waals surface area contributed by atoms with Crippen molar-refractivity contribution in [2.75, 3.05) is 32.7 Å². The smallest absolute Gasteiger partial charge is 0.406 e. The standard InChI is InChI=1S/C23H22F5N3O4S/c24-20-10-18(36(29,33)34)7-8-19(20)21(32)31-12-16-11-30(13-22(16,25)14-31)9-1-2-15-3-5-17(6-4-15)35-23(26,27)28/h1-8,10,16H,9,11-14H2,(H2,29,33,34)/b2-1+/t16-,22+/m0/s1. The van der Waals surface area contributed by atoms with Crippen molar-refractivity contribution in [2.45, 2.75) is 16.9 Å². The minimum atomic E-state index is -4.76. The molecule has 36 heavy (non-hydrogen) atoms. The fourth-order valence-corrected chi connectivity index (χ4v) is 5.04. The molecular weight excluding hydrogens is 509 g/mol. The summed E-state index contributed by atoms with van der Waals surface area (Å²) < 4.78 is 93.2. The monoisotopic (exact) mass is 531 g/mol. The molecule has 2 N–H and O–H groups in total. The molecule has 7 nitrogen and oxygen atoms in total. The molecule has 2 aliphatic rings. The van der Waals surface area contributed by atoms with Gasteiger partial charge in [0.2, 0.25) is 10.0 Å². The summed E-state index contributed by atoms with van der Waals surface area (Å²) in [6, 6.07) is 8.03. The van der Waals surface area contributed by atoms with Crippen LogP contribution in [0, 0.1) is 11.7 Å². The third-order valence-corrected chi connectivity index (χ3v) is 7.08. The Morgan fingerprint density at radius 1 is 1.14 bits per heavy atom. The number of primary sulfonamides is 1. The number of nitrogens with zero attached hydrogens (tertiary/aromatic N) is 2. The Kier molecular flexibility index (Phi) is 6.84. The van der Waals surface area contributed by atoms with Gasteiger partial charge in [-0.05, 0) is 35.9 Å². The number of amides is 1. The van der Waals surface area contributed by atoms with Crippen molar-refractivity contribution >= 4 is 22.0 Å². The van der Waals surface area contributed by atoms with Crippen LogP contribution in [-0.4, -0.2) is 68.9 Å². The zero-order chi connectivity index (χ0) is 26.3. The minimum absolute atomic E-state index is 0.0526. The molecule has 0 aromatic heterocycles. The first-order chi connectivity index (χ1) is 16.7. The van der Waals surface area contributed by atoms with Crippen LogP contribution in [0.15, 0.2) is 53.4 Å². The van der Waals surface area contributed by atoms with Crippen molar-refractivity contribution in [3.05, 3.63) is 65.5 Å². The molecule has 2 aromatic rings. The molecule has 2 aliphatic heterocycles. The number of carbonyl (C=O) groups excluding carboxylic acids is 1. The van der Waals surface area contributed by atoms with Crippen LogP contribution in [0.1, 0.15) is 15.9 Å². The summed E-state index contributed by atoms with van der Waals surface area (Å²) in [5.74, 6) is -2.60. The van der Waals surface area contributed by atoms with E-state index >= 15 is 4.39 Å². The number of halogens is 5. The summed E-state index contributed by atoms with van der Waals surface area (Å²) in [5.41, 5.74) is -1.40. The van der Waals surface area contributed by atoms with E-state index < -0.39 is 44.6 Å². The molecule has 0 unspecified atom stereocenters. The average molecular weight is 532 g/mol. The van der Waals surface area contributed by atoms with Crippen LogP contribution < -0.4 is 9.88 Å². The van der Waals surface area contributed by atoms with Gasteiger partial charge < -0.3 is 9.64 Å². The van der Waals surface area contributed by atoms with Crippen LogP contribution in [0.5, 0.6) is 5.75 Å². The summed E-state index contributed by atoms with van der Waals surface area (Å²) in [5, 5.41) is 4.97. The lowest BCUT2D eigenvalue weighted by atomic mass is 9.97. The average Bonchev–Trinajstić information content (AvgIpc) is 3.24. The van der Waals surface area contributed by atoms with Gasteiger partial charge in [0, 0.05) is 32.1 Å². The van der Waals surface area contributed by atoms with Gasteiger partial charge in [0.25, 0.3) is 5.91 Å². The van der Waals surface area contributed by atoms with Crippen molar-refractivity contribution in [3.63, 3.8) is 0 Å². The molecule has 2 fully saturated rings. The molecule has 13 heteroatoms. The van der Waals surface area contributed by atoms with Crippen LogP contribution in [-0.2, 0) is 10.0 Å². The van der Waals surface area contributed by atoms with E-state index in [1.807, 2.05) is 4.90 Å². The quantitative estimate of drug-likeness (QED) is 0.579. The number of ether oxygens (including phenoxy) is 1. The van der Waals surface area contributed by atoms with Gasteiger partial charge in [-0.2, -0.15) is 0 Å². The Labute approximate surface area is 204 Å². The molecule has 0 spiro atoms. The Morgan fingerprint density at radius 3 is 2.42 bits per heavy atom. The molecule has 2 atom stereocenters. The molecule has 2 heterocycles. The molecule has 0 bridgehead atoms. The number of carbonyl (C=O) groups is 1. The number of sulfonamides is 1. The number of likely N-dealkylation sites (tertiary alicyclic amines) is 2. The van der Waals surface area contributed by atoms with E-state index in [9.17, 15) is 30.8 Å². The van der Waals surface area contributed by atoms with E-state index in [1.165, 1.54) is 29.2 Å². The maximum atomic E-state index is 15.6. The third kappa shape index (κ3) is 5.85. The highest BCUT2D eigenvalue weighted by molar-refractivity contribution is 7.89. The lowest BCUT2D eigenvalue weighted by Gasteiger charge is -2.22. The van der Waals surface area contributed by atoms with Gasteiger partial charge in [0.1, 0.15) is 17.2 Å². The largest absolute Gasteiger partial charge is 0.573 e. The van der Waals surface area contributed by atoms with Crippen molar-refractivity contribution in [3.8, 4) is 5.75 Å². The van der Waals surface area contributed by atoms with Crippen molar-refractivity contribution < 1.29 is 39.9 Å². The number of nitrogens with two attached hydrogens (primary N) is 1. The highest BCUT2D eigenvalue weighted by Gasteiger charge is 2.54. The van der Waals surface area contributed by atoms with E-state index in [-0.39, 0.29) is 30.9 Å². The first-order valence-corrected chi connectivity index (χ1v) is 12.3. The molecule has 0 saturated carbocycles. The Morgan fingerprint density at radius 2 is 1.83 bits per heavy atom. The van der Waals surface area contributed by atoms with E-state index in [1.54, 1.807) is 12.2 Å². The Hall–Kier alpha value is -3.03. The second-order valence-corrected chi connectivity index (χ2v) is 10.4. The van der Waals surface area contributed by atoms with Crippen molar-refractivity contribution in [1.82, 2.24) is 9.80 Å². The maximum absolute atomic E-state index is 15.6. The van der Waals surface area contributed by atoms with Gasteiger partial charge in [-0.1, -0.05) is 24.3 Å². The highest BCUT2D eigenvalue weighted by atomic mass is 32.2. The van der Waals surface area contributed by atoms with Gasteiger partial charge in [-0.15, -0.1) is 13.2 Å². The number of hydrogen-bond donors (Lipinski definition) is 1. The number of benzene rings is 2. The SMILES string of the molecule is NS(=O)(=O)c1ccc(C(=O)N2C[C@@H]3CN(C/C=C/c4ccc(OC(F)(F)F)cc4)C[C@@]3(F)C2)c(F)c1. The summed E-state index contributed by atoms with van der Waals surface area (Å²) in [7, 11) is -4.13. The number of fused-ring (bicyclic) bond motifs is 1. The molecule has 194 valence electrons. The summed E-state index contributed by atoms with van der Waals surface area (Å²) >= 11 is 0. The van der Waals surface area contributed by atoms with Crippen molar-refractivity contribution in [1.29, 1.82) is 0 Å². The zero-order valence-electron chi connectivity index (χ0n) is 18.7. The van der Waals surface area contributed by atoms with E-state index in [0.717, 1.165) is 12.1 Å². The first kappa shape index (κ1) is 26.0.